The van der Waals surface area contributed by atoms with Crippen LogP contribution in [0.5, 0.6) is 0 Å². The van der Waals surface area contributed by atoms with Crippen LogP contribution in [-0.2, 0) is 0 Å². The van der Waals surface area contributed by atoms with Gasteiger partial charge in [-0.3, -0.25) is 0 Å². The first-order chi connectivity index (χ1) is 16.1. The molecule has 8 heteroatoms. The Labute approximate surface area is 203 Å². The third kappa shape index (κ3) is 5.43. The van der Waals surface area contributed by atoms with Crippen LogP contribution in [0.2, 0.25) is 0 Å². The average molecular weight is 507 g/mol. The summed E-state index contributed by atoms with van der Waals surface area (Å²) < 4.78 is 78.0. The van der Waals surface area contributed by atoms with Crippen molar-refractivity contribution in [2.75, 3.05) is 0 Å². The molecule has 0 saturated heterocycles. The fourth-order valence-corrected chi connectivity index (χ4v) is 6.31. The Balaban J connectivity index is 1.69. The van der Waals surface area contributed by atoms with Crippen molar-refractivity contribution < 1.29 is 36.6 Å². The van der Waals surface area contributed by atoms with Crippen LogP contribution in [0, 0.1) is 17.3 Å². The first kappa shape index (κ1) is 28.0. The van der Waals surface area contributed by atoms with Crippen LogP contribution in [0.4, 0.5) is 26.3 Å². The lowest BCUT2D eigenvalue weighted by Gasteiger charge is -2.42. The molecule has 0 amide bonds. The molecule has 3 rings (SSSR count). The zero-order valence-electron chi connectivity index (χ0n) is 20.4. The smallest absolute Gasteiger partial charge is 0.388 e. The number of halogens is 6. The van der Waals surface area contributed by atoms with Gasteiger partial charge in [0.2, 0.25) is 0 Å². The number of rotatable bonds is 6. The Morgan fingerprint density at radius 2 is 1.77 bits per heavy atom. The van der Waals surface area contributed by atoms with E-state index in [1.165, 1.54) is 5.57 Å². The fraction of sp³-hybridized carbons (Fsp3) is 0.704. The van der Waals surface area contributed by atoms with E-state index in [0.717, 1.165) is 61.7 Å². The summed E-state index contributed by atoms with van der Waals surface area (Å²) in [4.78, 5) is 0. The normalized spacial score (nSPS) is 31.6. The van der Waals surface area contributed by atoms with Crippen molar-refractivity contribution in [3.63, 3.8) is 0 Å². The first-order valence-electron chi connectivity index (χ1n) is 12.4. The summed E-state index contributed by atoms with van der Waals surface area (Å²) in [7, 11) is 0. The number of fused-ring (bicyclic) bond motifs is 1. The lowest BCUT2D eigenvalue weighted by Crippen LogP contribution is -2.56. The van der Waals surface area contributed by atoms with Crippen LogP contribution in [0.15, 0.2) is 47.1 Å². The maximum Gasteiger partial charge on any atom is 0.426 e. The maximum absolute atomic E-state index is 13.0. The first-order valence-corrected chi connectivity index (χ1v) is 12.4. The summed E-state index contributed by atoms with van der Waals surface area (Å²) >= 11 is 0. The van der Waals surface area contributed by atoms with Gasteiger partial charge < -0.3 is 10.2 Å². The Kier molecular flexibility index (Phi) is 8.07. The van der Waals surface area contributed by atoms with Gasteiger partial charge in [0, 0.05) is 0 Å². The second-order valence-electron chi connectivity index (χ2n) is 10.7. The third-order valence-electron chi connectivity index (χ3n) is 8.49. The zero-order valence-corrected chi connectivity index (χ0v) is 20.4. The minimum atomic E-state index is -5.77. The van der Waals surface area contributed by atoms with Crippen molar-refractivity contribution >= 4 is 0 Å². The van der Waals surface area contributed by atoms with Crippen LogP contribution < -0.4 is 0 Å². The molecule has 35 heavy (non-hydrogen) atoms. The van der Waals surface area contributed by atoms with Crippen LogP contribution >= 0.6 is 0 Å². The molecule has 2 saturated carbocycles. The Morgan fingerprint density at radius 1 is 1.11 bits per heavy atom. The molecule has 3 aliphatic rings. The van der Waals surface area contributed by atoms with Crippen molar-refractivity contribution in [3.05, 3.63) is 47.1 Å². The molecule has 0 aromatic heterocycles. The van der Waals surface area contributed by atoms with Gasteiger partial charge in [-0.2, -0.15) is 26.3 Å². The van der Waals surface area contributed by atoms with E-state index in [4.69, 9.17) is 0 Å². The van der Waals surface area contributed by atoms with Gasteiger partial charge in [-0.1, -0.05) is 49.8 Å². The molecule has 198 valence electrons. The summed E-state index contributed by atoms with van der Waals surface area (Å²) in [5.74, 6) is 0.0660. The monoisotopic (exact) mass is 506 g/mol. The third-order valence-corrected chi connectivity index (χ3v) is 8.49. The average Bonchev–Trinajstić information content (AvgIpc) is 3.10. The molecule has 2 fully saturated rings. The highest BCUT2D eigenvalue weighted by molar-refractivity contribution is 5.39. The lowest BCUT2D eigenvalue weighted by atomic mass is 9.62. The summed E-state index contributed by atoms with van der Waals surface area (Å²) in [6.07, 6.45) is -1.24. The Bertz CT molecular complexity index is 880. The number of alkyl halides is 6. The van der Waals surface area contributed by atoms with Gasteiger partial charge in [0.25, 0.3) is 5.60 Å². The molecule has 0 heterocycles. The number of hydrogen-bond acceptors (Lipinski definition) is 2. The van der Waals surface area contributed by atoms with Crippen LogP contribution in [-0.4, -0.2) is 34.3 Å². The van der Waals surface area contributed by atoms with Gasteiger partial charge in [-0.25, -0.2) is 0 Å². The van der Waals surface area contributed by atoms with Crippen molar-refractivity contribution in [1.82, 2.24) is 0 Å². The maximum atomic E-state index is 13.0. The predicted molar refractivity (Wildman–Crippen MR) is 123 cm³/mol. The van der Waals surface area contributed by atoms with Crippen LogP contribution in [0.3, 0.4) is 0 Å². The highest BCUT2D eigenvalue weighted by atomic mass is 19.4. The molecule has 0 aromatic carbocycles. The number of hydrogen-bond donors (Lipinski definition) is 2. The number of allylic oxidation sites excluding steroid dienone is 5. The SMILES string of the molecule is C=C1/C(=C\C=C2/CCC[C@]3(C)C([C@@H](C)CCCC(O)(C(F)(F)F)C(F)(F)F)=CCC23)CCC[C@@H]1O. The zero-order chi connectivity index (χ0) is 26.2. The minimum absolute atomic E-state index is 0.142. The van der Waals surface area contributed by atoms with E-state index in [-0.39, 0.29) is 30.1 Å². The van der Waals surface area contributed by atoms with Crippen LogP contribution in [0.1, 0.15) is 78.1 Å². The second kappa shape index (κ2) is 10.1. The number of aliphatic hydroxyl groups excluding tert-OH is 1. The quantitative estimate of drug-likeness (QED) is 0.286. The summed E-state index contributed by atoms with van der Waals surface area (Å²) in [6.45, 7) is 8.02. The van der Waals surface area contributed by atoms with Crippen LogP contribution in [0.25, 0.3) is 0 Å². The van der Waals surface area contributed by atoms with Gasteiger partial charge in [0.1, 0.15) is 0 Å². The molecule has 2 N–H and O–H groups in total. The number of aliphatic hydroxyl groups is 2. The van der Waals surface area contributed by atoms with Gasteiger partial charge in [0.05, 0.1) is 6.10 Å². The molecular weight excluding hydrogens is 470 g/mol. The van der Waals surface area contributed by atoms with Gasteiger partial charge >= 0.3 is 12.4 Å². The molecule has 1 unspecified atom stereocenters. The van der Waals surface area contributed by atoms with Crippen molar-refractivity contribution in [1.29, 1.82) is 0 Å². The van der Waals surface area contributed by atoms with E-state index in [9.17, 15) is 36.6 Å². The fourth-order valence-electron chi connectivity index (χ4n) is 6.31. The van der Waals surface area contributed by atoms with E-state index < -0.39 is 30.5 Å². The second-order valence-corrected chi connectivity index (χ2v) is 10.7. The summed E-state index contributed by atoms with van der Waals surface area (Å²) in [5, 5.41) is 19.5. The molecular formula is C27H36F6O2. The summed E-state index contributed by atoms with van der Waals surface area (Å²) in [6, 6.07) is 0. The Hall–Kier alpha value is -1.54. The van der Waals surface area contributed by atoms with E-state index in [1.54, 1.807) is 0 Å². The molecule has 4 atom stereocenters. The van der Waals surface area contributed by atoms with Crippen molar-refractivity contribution in [3.8, 4) is 0 Å². The highest BCUT2D eigenvalue weighted by Gasteiger charge is 2.69. The minimum Gasteiger partial charge on any atom is -0.388 e. The van der Waals surface area contributed by atoms with Gasteiger partial charge in [-0.05, 0) is 92.6 Å². The van der Waals surface area contributed by atoms with E-state index in [0.29, 0.717) is 0 Å². The highest BCUT2D eigenvalue weighted by Crippen LogP contribution is 2.57. The largest absolute Gasteiger partial charge is 0.426 e. The van der Waals surface area contributed by atoms with E-state index >= 15 is 0 Å². The lowest BCUT2D eigenvalue weighted by molar-refractivity contribution is -0.370. The topological polar surface area (TPSA) is 40.5 Å². The van der Waals surface area contributed by atoms with Gasteiger partial charge in [0.15, 0.2) is 0 Å². The molecule has 0 spiro atoms. The van der Waals surface area contributed by atoms with E-state index in [2.05, 4.69) is 31.7 Å². The van der Waals surface area contributed by atoms with E-state index in [1.807, 2.05) is 6.92 Å². The Morgan fingerprint density at radius 3 is 2.40 bits per heavy atom. The molecule has 0 aliphatic heterocycles. The van der Waals surface area contributed by atoms with Gasteiger partial charge in [-0.15, -0.1) is 0 Å². The molecule has 0 radical (unpaired) electrons. The standard InChI is InChI=1S/C27H36F6O2/c1-17(7-5-16-25(35,26(28,29)30)27(31,32)33)21-13-14-22-20(9-6-15-24(21,22)3)12-11-19-8-4-10-23(34)18(19)2/h11-13,17,22-23,34-35H,2,4-10,14-16H2,1,3H3/b19-11-,20-12+/t17-,22?,23-,24+/m0/s1. The predicted octanol–water partition coefficient (Wildman–Crippen LogP) is 7.74. The molecule has 0 bridgehead atoms. The molecule has 0 aromatic rings. The van der Waals surface area contributed by atoms with Crippen molar-refractivity contribution in [2.45, 2.75) is 102 Å². The molecule has 3 aliphatic carbocycles. The summed E-state index contributed by atoms with van der Waals surface area (Å²) in [5.41, 5.74) is -0.647. The molecule has 2 nitrogen and oxygen atoms in total. The van der Waals surface area contributed by atoms with Crippen molar-refractivity contribution in [2.24, 2.45) is 17.3 Å².